The normalized spacial score (nSPS) is 24.1. The molecule has 0 unspecified atom stereocenters. The molecule has 0 radical (unpaired) electrons. The number of hydrogen-bond donors (Lipinski definition) is 1. The molecule has 0 amide bonds. The molecule has 0 bridgehead atoms. The van der Waals surface area contributed by atoms with Crippen molar-refractivity contribution < 1.29 is 9.47 Å². The van der Waals surface area contributed by atoms with Gasteiger partial charge in [-0.25, -0.2) is 0 Å². The smallest absolute Gasteiger partial charge is 0.170 e. The standard InChI is InChI=1S/C29H35N5O2S/c1-20-18-25(21(2)34(20)23-10-8-22(9-11-23)32-13-16-35-17-14-32)28-27(26-7-3-4-12-30-26)31-29(37)33(28)19-24-6-5-15-36-24/h3-4,7-12,18,24,27-28H,5-6,13-17,19H2,1-2H3,(H,31,37)/t24-,27+,28-/m1/s1. The Morgan fingerprint density at radius 2 is 1.81 bits per heavy atom. The Balaban J connectivity index is 1.35. The highest BCUT2D eigenvalue weighted by molar-refractivity contribution is 7.80. The quantitative estimate of drug-likeness (QED) is 0.484. The van der Waals surface area contributed by atoms with Gasteiger partial charge in [0.2, 0.25) is 0 Å². The summed E-state index contributed by atoms with van der Waals surface area (Å²) in [5.41, 5.74) is 7.14. The van der Waals surface area contributed by atoms with E-state index in [4.69, 9.17) is 26.7 Å². The lowest BCUT2D eigenvalue weighted by molar-refractivity contribution is 0.0842. The van der Waals surface area contributed by atoms with Crippen molar-refractivity contribution in [3.05, 3.63) is 77.4 Å². The molecule has 2 aromatic heterocycles. The first kappa shape index (κ1) is 24.4. The van der Waals surface area contributed by atoms with Crippen LogP contribution >= 0.6 is 12.2 Å². The van der Waals surface area contributed by atoms with Crippen molar-refractivity contribution in [2.24, 2.45) is 0 Å². The molecule has 3 aromatic rings. The van der Waals surface area contributed by atoms with Crippen LogP contribution in [0.5, 0.6) is 0 Å². The molecule has 3 atom stereocenters. The molecule has 3 saturated heterocycles. The van der Waals surface area contributed by atoms with Crippen LogP contribution in [0.25, 0.3) is 5.69 Å². The average molecular weight is 518 g/mol. The van der Waals surface area contributed by atoms with Gasteiger partial charge in [0.05, 0.1) is 37.1 Å². The Labute approximate surface area is 224 Å². The minimum Gasteiger partial charge on any atom is -0.378 e. The first-order chi connectivity index (χ1) is 18.1. The lowest BCUT2D eigenvalue weighted by Gasteiger charge is -2.30. The van der Waals surface area contributed by atoms with Gasteiger partial charge in [-0.3, -0.25) is 4.98 Å². The molecular weight excluding hydrogens is 482 g/mol. The zero-order valence-electron chi connectivity index (χ0n) is 21.6. The van der Waals surface area contributed by atoms with Crippen LogP contribution in [-0.4, -0.2) is 65.1 Å². The van der Waals surface area contributed by atoms with E-state index < -0.39 is 0 Å². The molecule has 3 fully saturated rings. The first-order valence-corrected chi connectivity index (χ1v) is 13.7. The van der Waals surface area contributed by atoms with E-state index in [1.165, 1.54) is 28.3 Å². The number of hydrogen-bond acceptors (Lipinski definition) is 5. The minimum absolute atomic E-state index is 0.0206. The summed E-state index contributed by atoms with van der Waals surface area (Å²) < 4.78 is 13.9. The highest BCUT2D eigenvalue weighted by atomic mass is 32.1. The van der Waals surface area contributed by atoms with Gasteiger partial charge >= 0.3 is 0 Å². The van der Waals surface area contributed by atoms with Crippen LogP contribution in [0.3, 0.4) is 0 Å². The Morgan fingerprint density at radius 3 is 2.51 bits per heavy atom. The summed E-state index contributed by atoms with van der Waals surface area (Å²) in [5.74, 6) is 0. The SMILES string of the molecule is Cc1cc([C@@H]2[C@H](c3ccccn3)NC(=S)N2C[C@H]2CCCO2)c(C)n1-c1ccc(N2CCOCC2)cc1. The van der Waals surface area contributed by atoms with Crippen LogP contribution in [0.4, 0.5) is 5.69 Å². The molecular formula is C29H35N5O2S. The maximum absolute atomic E-state index is 6.02. The summed E-state index contributed by atoms with van der Waals surface area (Å²) in [7, 11) is 0. The fourth-order valence-corrected chi connectivity index (χ4v) is 6.38. The van der Waals surface area contributed by atoms with Crippen LogP contribution in [0.1, 0.15) is 47.6 Å². The van der Waals surface area contributed by atoms with E-state index in [1.54, 1.807) is 0 Å². The van der Waals surface area contributed by atoms with Crippen molar-refractivity contribution in [2.45, 2.75) is 44.9 Å². The Bertz CT molecular complexity index is 1230. The van der Waals surface area contributed by atoms with Gasteiger partial charge in [0.1, 0.15) is 0 Å². The van der Waals surface area contributed by atoms with Gasteiger partial charge in [0.25, 0.3) is 0 Å². The van der Waals surface area contributed by atoms with E-state index in [1.807, 2.05) is 18.3 Å². The molecule has 8 heteroatoms. The van der Waals surface area contributed by atoms with Crippen molar-refractivity contribution in [1.82, 2.24) is 19.8 Å². The highest BCUT2D eigenvalue weighted by Crippen LogP contribution is 2.42. The third-order valence-corrected chi connectivity index (χ3v) is 8.25. The molecule has 1 N–H and O–H groups in total. The van der Waals surface area contributed by atoms with Crippen LogP contribution in [0.2, 0.25) is 0 Å². The predicted molar refractivity (Wildman–Crippen MR) is 149 cm³/mol. The van der Waals surface area contributed by atoms with Crippen LogP contribution in [0, 0.1) is 13.8 Å². The summed E-state index contributed by atoms with van der Waals surface area (Å²) in [4.78, 5) is 9.43. The molecule has 37 heavy (non-hydrogen) atoms. The van der Waals surface area contributed by atoms with Crippen LogP contribution < -0.4 is 10.2 Å². The summed E-state index contributed by atoms with van der Waals surface area (Å²) in [6.07, 6.45) is 4.26. The summed E-state index contributed by atoms with van der Waals surface area (Å²) in [5, 5.41) is 4.37. The summed E-state index contributed by atoms with van der Waals surface area (Å²) >= 11 is 5.89. The molecule has 194 valence electrons. The van der Waals surface area contributed by atoms with Crippen LogP contribution in [-0.2, 0) is 9.47 Å². The molecule has 0 saturated carbocycles. The molecule has 3 aliphatic heterocycles. The monoisotopic (exact) mass is 517 g/mol. The third kappa shape index (κ3) is 4.74. The maximum Gasteiger partial charge on any atom is 0.170 e. The van der Waals surface area contributed by atoms with E-state index in [0.29, 0.717) is 0 Å². The van der Waals surface area contributed by atoms with Gasteiger partial charge in [-0.15, -0.1) is 0 Å². The Hall–Kier alpha value is -2.94. The number of rotatable bonds is 6. The fourth-order valence-electron chi connectivity index (χ4n) is 6.07. The lowest BCUT2D eigenvalue weighted by Crippen LogP contribution is -2.36. The van der Waals surface area contributed by atoms with Crippen LogP contribution in [0.15, 0.2) is 54.7 Å². The van der Waals surface area contributed by atoms with Gasteiger partial charge in [-0.05, 0) is 86.9 Å². The van der Waals surface area contributed by atoms with Gasteiger partial charge in [0, 0.05) is 55.2 Å². The van der Waals surface area contributed by atoms with Gasteiger partial charge in [-0.1, -0.05) is 6.07 Å². The number of morpholine rings is 1. The number of aromatic nitrogens is 2. The van der Waals surface area contributed by atoms with E-state index in [2.05, 4.69) is 69.9 Å². The Kier molecular flexibility index (Phi) is 6.88. The second-order valence-electron chi connectivity index (χ2n) is 10.2. The molecule has 5 heterocycles. The zero-order chi connectivity index (χ0) is 25.4. The number of anilines is 1. The molecule has 0 aliphatic carbocycles. The van der Waals surface area contributed by atoms with Gasteiger partial charge in [0.15, 0.2) is 5.11 Å². The zero-order valence-corrected chi connectivity index (χ0v) is 22.4. The van der Waals surface area contributed by atoms with Crippen molar-refractivity contribution in [2.75, 3.05) is 44.4 Å². The van der Waals surface area contributed by atoms with Crippen molar-refractivity contribution in [1.29, 1.82) is 0 Å². The number of aryl methyl sites for hydroxylation is 1. The number of ether oxygens (including phenoxy) is 2. The largest absolute Gasteiger partial charge is 0.378 e. The number of thiocarbonyl (C=S) groups is 1. The molecule has 6 rings (SSSR count). The Morgan fingerprint density at radius 1 is 1.03 bits per heavy atom. The second kappa shape index (κ2) is 10.4. The molecule has 0 spiro atoms. The van der Waals surface area contributed by atoms with Crippen molar-refractivity contribution >= 4 is 23.0 Å². The number of benzene rings is 1. The molecule has 3 aliphatic rings. The van der Waals surface area contributed by atoms with Crippen molar-refractivity contribution in [3.8, 4) is 5.69 Å². The number of nitrogens with zero attached hydrogens (tertiary/aromatic N) is 4. The highest BCUT2D eigenvalue weighted by Gasteiger charge is 2.42. The predicted octanol–water partition coefficient (Wildman–Crippen LogP) is 4.48. The van der Waals surface area contributed by atoms with Crippen molar-refractivity contribution in [3.63, 3.8) is 0 Å². The second-order valence-corrected chi connectivity index (χ2v) is 10.6. The topological polar surface area (TPSA) is 54.8 Å². The lowest BCUT2D eigenvalue weighted by atomic mass is 9.96. The average Bonchev–Trinajstić information content (AvgIpc) is 3.64. The van der Waals surface area contributed by atoms with Gasteiger partial charge in [-0.2, -0.15) is 0 Å². The van der Waals surface area contributed by atoms with Gasteiger partial charge < -0.3 is 29.2 Å². The van der Waals surface area contributed by atoms with E-state index in [9.17, 15) is 0 Å². The third-order valence-electron chi connectivity index (χ3n) is 7.90. The number of pyridine rings is 1. The van der Waals surface area contributed by atoms with E-state index in [-0.39, 0.29) is 18.2 Å². The van der Waals surface area contributed by atoms with E-state index >= 15 is 0 Å². The maximum atomic E-state index is 6.02. The first-order valence-electron chi connectivity index (χ1n) is 13.3. The fraction of sp³-hybridized carbons (Fsp3) is 0.448. The molecule has 1 aromatic carbocycles. The summed E-state index contributed by atoms with van der Waals surface area (Å²) in [6, 6.07) is 17.4. The van der Waals surface area contributed by atoms with E-state index in [0.717, 1.165) is 63.1 Å². The summed E-state index contributed by atoms with van der Waals surface area (Å²) in [6.45, 7) is 9.49. The molecule has 7 nitrogen and oxygen atoms in total. The minimum atomic E-state index is -0.0206. The number of nitrogens with one attached hydrogen (secondary N) is 1.